The Morgan fingerprint density at radius 2 is 1.23 bits per heavy atom. The SMILES string of the molecule is Cc1ccc(C(=O)/C=C(\CC(=O)c2ccccc2)c2ccccc2)cc1. The second kappa shape index (κ2) is 8.21. The first-order valence-corrected chi connectivity index (χ1v) is 8.59. The number of benzene rings is 3. The summed E-state index contributed by atoms with van der Waals surface area (Å²) in [5.41, 5.74) is 3.99. The van der Waals surface area contributed by atoms with Gasteiger partial charge in [0.05, 0.1) is 0 Å². The minimum Gasteiger partial charge on any atom is -0.294 e. The van der Waals surface area contributed by atoms with Gasteiger partial charge < -0.3 is 0 Å². The second-order valence-corrected chi connectivity index (χ2v) is 6.23. The number of hydrogen-bond donors (Lipinski definition) is 0. The third-order valence-electron chi connectivity index (χ3n) is 4.23. The lowest BCUT2D eigenvalue weighted by molar-refractivity contribution is 0.0998. The summed E-state index contributed by atoms with van der Waals surface area (Å²) in [6.45, 7) is 1.98. The lowest BCUT2D eigenvalue weighted by Crippen LogP contribution is -2.03. The van der Waals surface area contributed by atoms with Crippen molar-refractivity contribution in [2.45, 2.75) is 13.3 Å². The molecule has 0 unspecified atom stereocenters. The van der Waals surface area contributed by atoms with Crippen molar-refractivity contribution in [3.8, 4) is 0 Å². The van der Waals surface area contributed by atoms with Crippen molar-refractivity contribution >= 4 is 17.1 Å². The molecule has 0 bridgehead atoms. The number of carbonyl (C=O) groups is 2. The maximum absolute atomic E-state index is 12.7. The van der Waals surface area contributed by atoms with Gasteiger partial charge in [0.25, 0.3) is 0 Å². The molecule has 0 fully saturated rings. The molecule has 3 aromatic rings. The number of allylic oxidation sites excluding steroid dienone is 2. The van der Waals surface area contributed by atoms with Crippen LogP contribution in [-0.4, -0.2) is 11.6 Å². The Morgan fingerprint density at radius 1 is 0.692 bits per heavy atom. The first-order valence-electron chi connectivity index (χ1n) is 8.59. The molecule has 0 aliphatic heterocycles. The zero-order valence-corrected chi connectivity index (χ0v) is 14.7. The highest BCUT2D eigenvalue weighted by molar-refractivity contribution is 6.11. The smallest absolute Gasteiger partial charge is 0.186 e. The maximum atomic E-state index is 12.7. The highest BCUT2D eigenvalue weighted by Gasteiger charge is 2.13. The summed E-state index contributed by atoms with van der Waals surface area (Å²) in [7, 11) is 0. The van der Waals surface area contributed by atoms with Gasteiger partial charge in [-0.2, -0.15) is 0 Å². The van der Waals surface area contributed by atoms with E-state index >= 15 is 0 Å². The van der Waals surface area contributed by atoms with Gasteiger partial charge in [-0.3, -0.25) is 9.59 Å². The maximum Gasteiger partial charge on any atom is 0.186 e. The van der Waals surface area contributed by atoms with Gasteiger partial charge in [-0.05, 0) is 24.1 Å². The molecular weight excluding hydrogens is 320 g/mol. The van der Waals surface area contributed by atoms with E-state index in [2.05, 4.69) is 0 Å². The first kappa shape index (κ1) is 17.6. The predicted octanol–water partition coefficient (Wildman–Crippen LogP) is 5.53. The Bertz CT molecular complexity index is 921. The fraction of sp³-hybridized carbons (Fsp3) is 0.0833. The monoisotopic (exact) mass is 340 g/mol. The standard InChI is InChI=1S/C24H20O2/c1-18-12-14-21(15-13-18)24(26)17-22(19-8-4-2-5-9-19)16-23(25)20-10-6-3-7-11-20/h2-15,17H,16H2,1H3/b22-17+. The summed E-state index contributed by atoms with van der Waals surface area (Å²) in [5.74, 6) is -0.0953. The van der Waals surface area contributed by atoms with Gasteiger partial charge in [-0.1, -0.05) is 90.5 Å². The average molecular weight is 340 g/mol. The summed E-state index contributed by atoms with van der Waals surface area (Å²) in [4.78, 5) is 25.3. The summed E-state index contributed by atoms with van der Waals surface area (Å²) in [5, 5.41) is 0. The van der Waals surface area contributed by atoms with Crippen LogP contribution in [0.1, 0.15) is 38.3 Å². The molecule has 0 aliphatic carbocycles. The van der Waals surface area contributed by atoms with E-state index in [0.29, 0.717) is 11.1 Å². The van der Waals surface area contributed by atoms with Gasteiger partial charge in [0, 0.05) is 17.5 Å². The second-order valence-electron chi connectivity index (χ2n) is 6.23. The zero-order valence-electron chi connectivity index (χ0n) is 14.7. The van der Waals surface area contributed by atoms with Gasteiger partial charge in [0.1, 0.15) is 0 Å². The third-order valence-corrected chi connectivity index (χ3v) is 4.23. The highest BCUT2D eigenvalue weighted by atomic mass is 16.1. The Hall–Kier alpha value is -3.26. The van der Waals surface area contributed by atoms with E-state index in [1.807, 2.05) is 79.7 Å². The normalized spacial score (nSPS) is 11.2. The first-order chi connectivity index (χ1) is 12.6. The molecule has 128 valence electrons. The van der Waals surface area contributed by atoms with Crippen LogP contribution in [0.2, 0.25) is 0 Å². The van der Waals surface area contributed by atoms with Crippen LogP contribution in [-0.2, 0) is 0 Å². The molecule has 0 saturated carbocycles. The minimum atomic E-state index is -0.0929. The number of hydrogen-bond acceptors (Lipinski definition) is 2. The molecule has 0 aromatic heterocycles. The number of ketones is 2. The Labute approximate surface area is 153 Å². The van der Waals surface area contributed by atoms with Crippen LogP contribution in [0.4, 0.5) is 0 Å². The molecular formula is C24H20O2. The van der Waals surface area contributed by atoms with Gasteiger partial charge in [0.2, 0.25) is 0 Å². The van der Waals surface area contributed by atoms with Crippen molar-refractivity contribution in [1.29, 1.82) is 0 Å². The molecule has 0 saturated heterocycles. The molecule has 3 rings (SSSR count). The lowest BCUT2D eigenvalue weighted by atomic mass is 9.95. The van der Waals surface area contributed by atoms with E-state index in [4.69, 9.17) is 0 Å². The van der Waals surface area contributed by atoms with Crippen molar-refractivity contribution in [3.63, 3.8) is 0 Å². The van der Waals surface area contributed by atoms with Gasteiger partial charge >= 0.3 is 0 Å². The van der Waals surface area contributed by atoms with E-state index in [-0.39, 0.29) is 18.0 Å². The van der Waals surface area contributed by atoms with Crippen LogP contribution >= 0.6 is 0 Å². The molecule has 0 heterocycles. The van der Waals surface area contributed by atoms with E-state index < -0.39 is 0 Å². The van der Waals surface area contributed by atoms with Crippen LogP contribution in [0.5, 0.6) is 0 Å². The summed E-state index contributed by atoms with van der Waals surface area (Å²) < 4.78 is 0. The number of rotatable bonds is 6. The fourth-order valence-electron chi connectivity index (χ4n) is 2.75. The van der Waals surface area contributed by atoms with Gasteiger partial charge in [-0.15, -0.1) is 0 Å². The molecule has 0 aliphatic rings. The zero-order chi connectivity index (χ0) is 18.4. The molecule has 2 heteroatoms. The van der Waals surface area contributed by atoms with Gasteiger partial charge in [-0.25, -0.2) is 0 Å². The highest BCUT2D eigenvalue weighted by Crippen LogP contribution is 2.22. The van der Waals surface area contributed by atoms with Crippen LogP contribution in [0, 0.1) is 6.92 Å². The summed E-state index contributed by atoms with van der Waals surface area (Å²) >= 11 is 0. The average Bonchev–Trinajstić information content (AvgIpc) is 2.69. The van der Waals surface area contributed by atoms with Crippen molar-refractivity contribution < 1.29 is 9.59 Å². The molecule has 2 nitrogen and oxygen atoms in total. The van der Waals surface area contributed by atoms with Crippen LogP contribution in [0.25, 0.3) is 5.57 Å². The largest absolute Gasteiger partial charge is 0.294 e. The molecule has 3 aromatic carbocycles. The lowest BCUT2D eigenvalue weighted by Gasteiger charge is -2.08. The molecule has 0 amide bonds. The van der Waals surface area contributed by atoms with E-state index in [0.717, 1.165) is 16.7 Å². The number of carbonyl (C=O) groups excluding carboxylic acids is 2. The Kier molecular flexibility index (Phi) is 5.55. The number of aryl methyl sites for hydroxylation is 1. The summed E-state index contributed by atoms with van der Waals surface area (Å²) in [6.07, 6.45) is 1.77. The van der Waals surface area contributed by atoms with Crippen LogP contribution in [0.15, 0.2) is 91.0 Å². The Morgan fingerprint density at radius 3 is 1.81 bits per heavy atom. The van der Waals surface area contributed by atoms with E-state index in [1.54, 1.807) is 18.2 Å². The van der Waals surface area contributed by atoms with Crippen LogP contribution < -0.4 is 0 Å². The van der Waals surface area contributed by atoms with Gasteiger partial charge in [0.15, 0.2) is 11.6 Å². The molecule has 0 N–H and O–H groups in total. The third kappa shape index (κ3) is 4.42. The minimum absolute atomic E-state index is 0.00240. The fourth-order valence-corrected chi connectivity index (χ4v) is 2.75. The predicted molar refractivity (Wildman–Crippen MR) is 105 cm³/mol. The van der Waals surface area contributed by atoms with Crippen molar-refractivity contribution in [2.75, 3.05) is 0 Å². The van der Waals surface area contributed by atoms with Crippen molar-refractivity contribution in [1.82, 2.24) is 0 Å². The topological polar surface area (TPSA) is 34.1 Å². The van der Waals surface area contributed by atoms with E-state index in [9.17, 15) is 9.59 Å². The molecule has 0 radical (unpaired) electrons. The summed E-state index contributed by atoms with van der Waals surface area (Å²) in [6, 6.07) is 26.2. The molecule has 26 heavy (non-hydrogen) atoms. The Balaban J connectivity index is 1.92. The molecule has 0 atom stereocenters. The van der Waals surface area contributed by atoms with E-state index in [1.165, 1.54) is 0 Å². The number of Topliss-reactive ketones (excluding diaryl/α,β-unsaturated/α-hetero) is 1. The van der Waals surface area contributed by atoms with Crippen LogP contribution in [0.3, 0.4) is 0 Å². The van der Waals surface area contributed by atoms with Crippen molar-refractivity contribution in [2.24, 2.45) is 0 Å². The quantitative estimate of drug-likeness (QED) is 0.436. The van der Waals surface area contributed by atoms with Crippen molar-refractivity contribution in [3.05, 3.63) is 113 Å². The molecule has 0 spiro atoms.